The first-order chi connectivity index (χ1) is 10.4. The summed E-state index contributed by atoms with van der Waals surface area (Å²) in [4.78, 5) is 46.2. The molecule has 22 heavy (non-hydrogen) atoms. The number of anilines is 1. The zero-order chi connectivity index (χ0) is 16.4. The summed E-state index contributed by atoms with van der Waals surface area (Å²) in [5, 5.41) is 20.3. The maximum Gasteiger partial charge on any atom is 0.338 e. The molecule has 1 fully saturated rings. The summed E-state index contributed by atoms with van der Waals surface area (Å²) in [5.74, 6) is -3.36. The average molecular weight is 308 g/mol. The summed E-state index contributed by atoms with van der Waals surface area (Å²) in [6.07, 6.45) is -0.183. The van der Waals surface area contributed by atoms with E-state index in [1.807, 2.05) is 0 Å². The minimum atomic E-state index is -1.40. The molecule has 0 aromatic heterocycles. The van der Waals surface area contributed by atoms with Gasteiger partial charge >= 0.3 is 11.9 Å². The molecule has 1 aromatic carbocycles. The van der Waals surface area contributed by atoms with Crippen molar-refractivity contribution in [1.29, 1.82) is 0 Å². The van der Waals surface area contributed by atoms with Crippen molar-refractivity contribution in [2.24, 2.45) is 5.92 Å². The van der Waals surface area contributed by atoms with Crippen molar-refractivity contribution in [2.45, 2.75) is 6.42 Å². The number of rotatable bonds is 4. The topological polar surface area (TPSA) is 127 Å². The van der Waals surface area contributed by atoms with Gasteiger partial charge in [0.25, 0.3) is 5.69 Å². The van der Waals surface area contributed by atoms with E-state index >= 15 is 0 Å². The van der Waals surface area contributed by atoms with Crippen LogP contribution in [-0.4, -0.2) is 41.5 Å². The van der Waals surface area contributed by atoms with Gasteiger partial charge in [-0.3, -0.25) is 19.7 Å². The lowest BCUT2D eigenvalue weighted by Crippen LogP contribution is -2.28. The Hall–Kier alpha value is -2.97. The lowest BCUT2D eigenvalue weighted by atomic mass is 10.1. The number of hydrogen-bond acceptors (Lipinski definition) is 6. The van der Waals surface area contributed by atoms with Gasteiger partial charge in [0, 0.05) is 19.0 Å². The smallest absolute Gasteiger partial charge is 0.338 e. The van der Waals surface area contributed by atoms with Crippen LogP contribution in [0.3, 0.4) is 0 Å². The third kappa shape index (κ3) is 2.60. The van der Waals surface area contributed by atoms with E-state index in [4.69, 9.17) is 0 Å². The van der Waals surface area contributed by atoms with Crippen LogP contribution in [0, 0.1) is 16.0 Å². The van der Waals surface area contributed by atoms with Gasteiger partial charge in [-0.15, -0.1) is 0 Å². The van der Waals surface area contributed by atoms with E-state index in [9.17, 15) is 29.6 Å². The molecule has 0 aliphatic carbocycles. The molecule has 0 saturated carbocycles. The fourth-order valence-electron chi connectivity index (χ4n) is 2.38. The van der Waals surface area contributed by atoms with Crippen LogP contribution in [0.2, 0.25) is 0 Å². The zero-order valence-corrected chi connectivity index (χ0v) is 11.5. The number of carbonyl (C=O) groups is 3. The summed E-state index contributed by atoms with van der Waals surface area (Å²) in [7, 11) is 1.17. The molecule has 0 spiro atoms. The van der Waals surface area contributed by atoms with Gasteiger partial charge in [-0.05, 0) is 6.07 Å². The van der Waals surface area contributed by atoms with Crippen LogP contribution in [0.5, 0.6) is 0 Å². The summed E-state index contributed by atoms with van der Waals surface area (Å²) in [6, 6.07) is 3.51. The van der Waals surface area contributed by atoms with Gasteiger partial charge in [-0.25, -0.2) is 4.79 Å². The number of benzene rings is 1. The molecule has 1 heterocycles. The van der Waals surface area contributed by atoms with Crippen molar-refractivity contribution in [3.63, 3.8) is 0 Å². The molecule has 0 radical (unpaired) electrons. The fourth-order valence-corrected chi connectivity index (χ4v) is 2.38. The highest BCUT2D eigenvalue weighted by Gasteiger charge is 2.40. The largest absolute Gasteiger partial charge is 0.478 e. The highest BCUT2D eigenvalue weighted by atomic mass is 16.6. The van der Waals surface area contributed by atoms with Crippen molar-refractivity contribution in [2.75, 3.05) is 18.6 Å². The first kappa shape index (κ1) is 15.4. The number of carboxylic acid groups (broad SMARTS) is 1. The quantitative estimate of drug-likeness (QED) is 0.495. The van der Waals surface area contributed by atoms with Gasteiger partial charge in [0.15, 0.2) is 0 Å². The van der Waals surface area contributed by atoms with Crippen LogP contribution in [0.4, 0.5) is 11.4 Å². The molecule has 1 atom stereocenters. The molecular weight excluding hydrogens is 296 g/mol. The summed E-state index contributed by atoms with van der Waals surface area (Å²) >= 11 is 0. The number of nitrogens with zero attached hydrogens (tertiary/aromatic N) is 2. The molecule has 1 saturated heterocycles. The molecule has 1 N–H and O–H groups in total. The number of hydrogen-bond donors (Lipinski definition) is 1. The molecule has 1 aromatic rings. The molecule has 0 bridgehead atoms. The maximum atomic E-state index is 12.1. The second-order valence-electron chi connectivity index (χ2n) is 4.66. The van der Waals surface area contributed by atoms with E-state index < -0.39 is 34.4 Å². The van der Waals surface area contributed by atoms with Crippen LogP contribution >= 0.6 is 0 Å². The molecule has 116 valence electrons. The average Bonchev–Trinajstić information content (AvgIpc) is 2.87. The second-order valence-corrected chi connectivity index (χ2v) is 4.66. The second kappa shape index (κ2) is 5.80. The standard InChI is InChI=1S/C13H12N2O7/c1-22-13(19)7-5-10(16)14(6-7)11-8(12(17)18)3-2-4-9(11)15(20)21/h2-4,7H,5-6H2,1H3,(H,17,18). The van der Waals surface area contributed by atoms with Crippen LogP contribution in [0.1, 0.15) is 16.8 Å². The van der Waals surface area contributed by atoms with Gasteiger partial charge in [-0.1, -0.05) is 6.07 Å². The van der Waals surface area contributed by atoms with Gasteiger partial charge in [-0.2, -0.15) is 0 Å². The number of methoxy groups -OCH3 is 1. The van der Waals surface area contributed by atoms with Crippen LogP contribution in [0.15, 0.2) is 18.2 Å². The van der Waals surface area contributed by atoms with Crippen molar-refractivity contribution < 1.29 is 29.2 Å². The van der Waals surface area contributed by atoms with Crippen molar-refractivity contribution >= 4 is 29.2 Å². The normalized spacial score (nSPS) is 17.4. The lowest BCUT2D eigenvalue weighted by Gasteiger charge is -2.18. The van der Waals surface area contributed by atoms with Gasteiger partial charge < -0.3 is 14.7 Å². The molecular formula is C13H12N2O7. The fraction of sp³-hybridized carbons (Fsp3) is 0.308. The minimum absolute atomic E-state index is 0.156. The number of amides is 1. The molecule has 9 heteroatoms. The number of nitro benzene ring substituents is 1. The summed E-state index contributed by atoms with van der Waals surface area (Å²) < 4.78 is 4.55. The Morgan fingerprint density at radius 1 is 1.45 bits per heavy atom. The number of nitro groups is 1. The van der Waals surface area contributed by atoms with Crippen LogP contribution in [0.25, 0.3) is 0 Å². The van der Waals surface area contributed by atoms with Gasteiger partial charge in [0.2, 0.25) is 5.91 Å². The number of para-hydroxylation sites is 1. The third-order valence-corrected chi connectivity index (χ3v) is 3.37. The predicted molar refractivity (Wildman–Crippen MR) is 72.5 cm³/mol. The van der Waals surface area contributed by atoms with E-state index in [0.717, 1.165) is 11.0 Å². The Morgan fingerprint density at radius 2 is 2.14 bits per heavy atom. The molecule has 9 nitrogen and oxygen atoms in total. The molecule has 1 aliphatic rings. The Balaban J connectivity index is 2.52. The predicted octanol–water partition coefficient (Wildman–Crippen LogP) is 0.819. The highest BCUT2D eigenvalue weighted by Crippen LogP contribution is 2.36. The van der Waals surface area contributed by atoms with Crippen molar-refractivity contribution in [3.05, 3.63) is 33.9 Å². The number of ether oxygens (including phenoxy) is 1. The van der Waals surface area contributed by atoms with E-state index in [1.54, 1.807) is 0 Å². The lowest BCUT2D eigenvalue weighted by molar-refractivity contribution is -0.384. The molecule has 1 amide bonds. The molecule has 1 aliphatic heterocycles. The van der Waals surface area contributed by atoms with Gasteiger partial charge in [0.1, 0.15) is 5.69 Å². The third-order valence-electron chi connectivity index (χ3n) is 3.37. The van der Waals surface area contributed by atoms with E-state index in [1.165, 1.54) is 19.2 Å². The van der Waals surface area contributed by atoms with Crippen LogP contribution < -0.4 is 4.90 Å². The Morgan fingerprint density at radius 3 is 2.68 bits per heavy atom. The Bertz CT molecular complexity index is 638. The zero-order valence-electron chi connectivity index (χ0n) is 11.5. The van der Waals surface area contributed by atoms with Gasteiger partial charge in [0.05, 0.1) is 23.5 Å². The van der Waals surface area contributed by atoms with Crippen molar-refractivity contribution in [1.82, 2.24) is 0 Å². The number of esters is 1. The first-order valence-electron chi connectivity index (χ1n) is 6.25. The summed E-state index contributed by atoms with van der Waals surface area (Å²) in [6.45, 7) is -0.156. The first-order valence-corrected chi connectivity index (χ1v) is 6.25. The van der Waals surface area contributed by atoms with Crippen molar-refractivity contribution in [3.8, 4) is 0 Å². The van der Waals surface area contributed by atoms with E-state index in [-0.39, 0.29) is 24.2 Å². The summed E-state index contributed by atoms with van der Waals surface area (Å²) in [5.41, 5.74) is -1.18. The Labute approximate surface area is 124 Å². The maximum absolute atomic E-state index is 12.1. The number of carboxylic acids is 1. The number of aromatic carboxylic acids is 1. The SMILES string of the molecule is COC(=O)C1CC(=O)N(c2c(C(=O)O)cccc2[N+](=O)[O-])C1. The minimum Gasteiger partial charge on any atom is -0.478 e. The Kier molecular flexibility index (Phi) is 4.06. The van der Waals surface area contributed by atoms with Crippen LogP contribution in [-0.2, 0) is 14.3 Å². The van der Waals surface area contributed by atoms with E-state index in [0.29, 0.717) is 0 Å². The van der Waals surface area contributed by atoms with E-state index in [2.05, 4.69) is 4.74 Å². The highest BCUT2D eigenvalue weighted by molar-refractivity contribution is 6.07. The number of carbonyl (C=O) groups excluding carboxylic acids is 2. The molecule has 1 unspecified atom stereocenters. The monoisotopic (exact) mass is 308 g/mol. The molecule has 2 rings (SSSR count).